The van der Waals surface area contributed by atoms with Gasteiger partial charge in [-0.25, -0.2) is 0 Å². The minimum Gasteiger partial charge on any atom is -0.507 e. The van der Waals surface area contributed by atoms with Crippen molar-refractivity contribution in [2.45, 2.75) is 32.9 Å². The lowest BCUT2D eigenvalue weighted by Crippen LogP contribution is -2.24. The predicted molar refractivity (Wildman–Crippen MR) is 75.6 cm³/mol. The molecule has 1 fully saturated rings. The maximum atomic E-state index is 10.1. The number of hydrogen-bond donors (Lipinski definition) is 2. The van der Waals surface area contributed by atoms with E-state index in [1.54, 1.807) is 0 Å². The Kier molecular flexibility index (Phi) is 4.30. The number of rotatable bonds is 3. The van der Waals surface area contributed by atoms with Gasteiger partial charge in [0.15, 0.2) is 0 Å². The van der Waals surface area contributed by atoms with Crippen molar-refractivity contribution >= 4 is 15.9 Å². The molecule has 1 heterocycles. The molecule has 0 bridgehead atoms. The number of benzene rings is 1. The van der Waals surface area contributed by atoms with Crippen LogP contribution in [-0.4, -0.2) is 34.3 Å². The number of aliphatic hydroxyl groups excluding tert-OH is 1. The number of hydrogen-bond acceptors (Lipinski definition) is 3. The van der Waals surface area contributed by atoms with Crippen LogP contribution in [0.5, 0.6) is 5.75 Å². The Bertz CT molecular complexity index is 434. The topological polar surface area (TPSA) is 43.7 Å². The van der Waals surface area contributed by atoms with Crippen molar-refractivity contribution in [3.63, 3.8) is 0 Å². The molecule has 3 nitrogen and oxygen atoms in total. The minimum absolute atomic E-state index is 0.243. The van der Waals surface area contributed by atoms with E-state index in [4.69, 9.17) is 0 Å². The van der Waals surface area contributed by atoms with Gasteiger partial charge >= 0.3 is 0 Å². The largest absolute Gasteiger partial charge is 0.507 e. The van der Waals surface area contributed by atoms with Gasteiger partial charge in [-0.2, -0.15) is 0 Å². The molecule has 0 saturated carbocycles. The van der Waals surface area contributed by atoms with Gasteiger partial charge in [-0.05, 0) is 50.4 Å². The lowest BCUT2D eigenvalue weighted by Gasteiger charge is -2.18. The van der Waals surface area contributed by atoms with Gasteiger partial charge in [0, 0.05) is 23.1 Å². The third-order valence-corrected chi connectivity index (χ3v) is 4.19. The molecule has 0 aliphatic carbocycles. The molecule has 0 aromatic heterocycles. The van der Waals surface area contributed by atoms with Gasteiger partial charge in [-0.1, -0.05) is 15.9 Å². The number of phenols is 1. The lowest BCUT2D eigenvalue weighted by molar-refractivity contribution is 0.127. The van der Waals surface area contributed by atoms with Gasteiger partial charge in [0.25, 0.3) is 0 Å². The number of aliphatic hydroxyl groups is 1. The maximum absolute atomic E-state index is 10.1. The van der Waals surface area contributed by atoms with Crippen molar-refractivity contribution in [1.82, 2.24) is 4.90 Å². The molecule has 2 atom stereocenters. The van der Waals surface area contributed by atoms with Crippen molar-refractivity contribution in [3.05, 3.63) is 27.7 Å². The summed E-state index contributed by atoms with van der Waals surface area (Å²) >= 11 is 3.46. The molecule has 18 heavy (non-hydrogen) atoms. The summed E-state index contributed by atoms with van der Waals surface area (Å²) in [6, 6.07) is 3.89. The Hall–Kier alpha value is -0.580. The third-order valence-electron chi connectivity index (χ3n) is 3.73. The van der Waals surface area contributed by atoms with Crippen LogP contribution in [0.25, 0.3) is 0 Å². The number of nitrogens with zero attached hydrogens (tertiary/aromatic N) is 1. The molecule has 2 unspecified atom stereocenters. The van der Waals surface area contributed by atoms with E-state index in [1.807, 2.05) is 26.0 Å². The van der Waals surface area contributed by atoms with E-state index < -0.39 is 0 Å². The highest BCUT2D eigenvalue weighted by Gasteiger charge is 2.26. The number of aryl methyl sites for hydroxylation is 1. The fourth-order valence-corrected chi connectivity index (χ4v) is 3.19. The summed E-state index contributed by atoms with van der Waals surface area (Å²) in [4.78, 5) is 2.29. The molecule has 100 valence electrons. The van der Waals surface area contributed by atoms with Crippen LogP contribution in [0.3, 0.4) is 0 Å². The van der Waals surface area contributed by atoms with Crippen LogP contribution in [-0.2, 0) is 6.54 Å². The van der Waals surface area contributed by atoms with E-state index in [0.29, 0.717) is 11.7 Å². The number of likely N-dealkylation sites (tertiary alicyclic amines) is 1. The van der Waals surface area contributed by atoms with Gasteiger partial charge in [0.05, 0.1) is 6.10 Å². The molecule has 1 aliphatic rings. The van der Waals surface area contributed by atoms with Crippen LogP contribution in [0.1, 0.15) is 24.5 Å². The van der Waals surface area contributed by atoms with Crippen LogP contribution in [0, 0.1) is 12.8 Å². The summed E-state index contributed by atoms with van der Waals surface area (Å²) in [5.74, 6) is 0.749. The normalized spacial score (nSPS) is 22.3. The zero-order chi connectivity index (χ0) is 13.3. The van der Waals surface area contributed by atoms with Crippen LogP contribution in [0.15, 0.2) is 16.6 Å². The highest BCUT2D eigenvalue weighted by atomic mass is 79.9. The first-order chi connectivity index (χ1) is 8.47. The van der Waals surface area contributed by atoms with E-state index in [0.717, 1.165) is 41.7 Å². The zero-order valence-corrected chi connectivity index (χ0v) is 12.4. The molecule has 1 aromatic rings. The molecule has 1 saturated heterocycles. The first kappa shape index (κ1) is 13.8. The van der Waals surface area contributed by atoms with Gasteiger partial charge in [0.1, 0.15) is 5.75 Å². The van der Waals surface area contributed by atoms with Crippen LogP contribution >= 0.6 is 15.9 Å². The summed E-state index contributed by atoms with van der Waals surface area (Å²) in [7, 11) is 0. The SMILES string of the molecule is Cc1cc(Br)cc(CN2CCC(C(C)O)C2)c1O. The molecule has 0 amide bonds. The molecular weight excluding hydrogens is 294 g/mol. The predicted octanol–water partition coefficient (Wildman–Crippen LogP) is 2.67. The van der Waals surface area contributed by atoms with Crippen molar-refractivity contribution in [3.8, 4) is 5.75 Å². The van der Waals surface area contributed by atoms with Crippen LogP contribution in [0.4, 0.5) is 0 Å². The summed E-state index contributed by atoms with van der Waals surface area (Å²) in [6.45, 7) is 6.40. The highest BCUT2D eigenvalue weighted by Crippen LogP contribution is 2.29. The fraction of sp³-hybridized carbons (Fsp3) is 0.571. The van der Waals surface area contributed by atoms with Gasteiger partial charge in [-0.3, -0.25) is 4.90 Å². The summed E-state index contributed by atoms with van der Waals surface area (Å²) < 4.78 is 0.999. The van der Waals surface area contributed by atoms with Gasteiger partial charge in [0.2, 0.25) is 0 Å². The monoisotopic (exact) mass is 313 g/mol. The third kappa shape index (κ3) is 3.05. The Morgan fingerprint density at radius 3 is 2.83 bits per heavy atom. The minimum atomic E-state index is -0.243. The Labute approximate surface area is 117 Å². The second-order valence-electron chi connectivity index (χ2n) is 5.25. The smallest absolute Gasteiger partial charge is 0.123 e. The molecule has 4 heteroatoms. The van der Waals surface area contributed by atoms with Crippen molar-refractivity contribution in [2.75, 3.05) is 13.1 Å². The highest BCUT2D eigenvalue weighted by molar-refractivity contribution is 9.10. The molecule has 0 radical (unpaired) electrons. The summed E-state index contributed by atoms with van der Waals surface area (Å²) in [5, 5.41) is 19.7. The summed E-state index contributed by atoms with van der Waals surface area (Å²) in [6.07, 6.45) is 0.790. The first-order valence-corrected chi connectivity index (χ1v) is 7.15. The number of phenolic OH excluding ortho intramolecular Hbond substituents is 1. The Morgan fingerprint density at radius 2 is 2.22 bits per heavy atom. The van der Waals surface area contributed by atoms with Crippen LogP contribution < -0.4 is 0 Å². The molecule has 0 spiro atoms. The maximum Gasteiger partial charge on any atom is 0.123 e. The van der Waals surface area contributed by atoms with Gasteiger partial charge in [-0.15, -0.1) is 0 Å². The molecule has 2 rings (SSSR count). The van der Waals surface area contributed by atoms with Crippen molar-refractivity contribution < 1.29 is 10.2 Å². The quantitative estimate of drug-likeness (QED) is 0.901. The molecule has 2 N–H and O–H groups in total. The second-order valence-corrected chi connectivity index (χ2v) is 6.17. The number of halogens is 1. The lowest BCUT2D eigenvalue weighted by atomic mass is 10.0. The standard InChI is InChI=1S/C14H20BrNO2/c1-9-5-13(15)6-12(14(9)18)8-16-4-3-11(7-16)10(2)17/h5-6,10-11,17-18H,3-4,7-8H2,1-2H3. The first-order valence-electron chi connectivity index (χ1n) is 6.35. The van der Waals surface area contributed by atoms with Crippen molar-refractivity contribution in [1.29, 1.82) is 0 Å². The average Bonchev–Trinajstić information content (AvgIpc) is 2.74. The Balaban J connectivity index is 2.07. The molecule has 1 aromatic carbocycles. The molecular formula is C14H20BrNO2. The van der Waals surface area contributed by atoms with Crippen LogP contribution in [0.2, 0.25) is 0 Å². The van der Waals surface area contributed by atoms with E-state index in [1.165, 1.54) is 0 Å². The summed E-state index contributed by atoms with van der Waals surface area (Å²) in [5.41, 5.74) is 1.85. The second kappa shape index (κ2) is 5.59. The van der Waals surface area contributed by atoms with E-state index in [9.17, 15) is 10.2 Å². The average molecular weight is 314 g/mol. The van der Waals surface area contributed by atoms with Gasteiger partial charge < -0.3 is 10.2 Å². The van der Waals surface area contributed by atoms with E-state index in [-0.39, 0.29) is 6.10 Å². The fourth-order valence-electron chi connectivity index (χ4n) is 2.57. The van der Waals surface area contributed by atoms with E-state index >= 15 is 0 Å². The Morgan fingerprint density at radius 1 is 1.50 bits per heavy atom. The number of aromatic hydroxyl groups is 1. The zero-order valence-electron chi connectivity index (χ0n) is 10.9. The van der Waals surface area contributed by atoms with E-state index in [2.05, 4.69) is 20.8 Å². The molecule has 1 aliphatic heterocycles. The van der Waals surface area contributed by atoms with Crippen molar-refractivity contribution in [2.24, 2.45) is 5.92 Å².